The van der Waals surface area contributed by atoms with E-state index >= 15 is 0 Å². The first-order chi connectivity index (χ1) is 16.7. The lowest BCUT2D eigenvalue weighted by molar-refractivity contribution is 0.0946. The molecular weight excluding hydrogens is 426 g/mol. The second-order valence-corrected chi connectivity index (χ2v) is 9.65. The molecule has 0 unspecified atom stereocenters. The number of carbonyl (C=O) groups is 1. The van der Waals surface area contributed by atoms with Crippen molar-refractivity contribution >= 4 is 29.2 Å². The molecule has 0 saturated heterocycles. The van der Waals surface area contributed by atoms with Gasteiger partial charge in [-0.2, -0.15) is 0 Å². The van der Waals surface area contributed by atoms with Gasteiger partial charge in [0, 0.05) is 38.1 Å². The van der Waals surface area contributed by atoms with Gasteiger partial charge in [0.25, 0.3) is 5.91 Å². The van der Waals surface area contributed by atoms with Crippen molar-refractivity contribution in [1.29, 1.82) is 0 Å². The maximum atomic E-state index is 12.1. The maximum Gasteiger partial charge on any atom is 0.270 e. The van der Waals surface area contributed by atoms with Crippen molar-refractivity contribution in [2.45, 2.75) is 44.7 Å². The smallest absolute Gasteiger partial charge is 0.270 e. The Balaban J connectivity index is 1.09. The highest BCUT2D eigenvalue weighted by Gasteiger charge is 2.31. The zero-order chi connectivity index (χ0) is 23.1. The van der Waals surface area contributed by atoms with Gasteiger partial charge in [-0.15, -0.1) is 0 Å². The van der Waals surface area contributed by atoms with Crippen molar-refractivity contribution in [3.05, 3.63) is 70.5 Å². The topological polar surface area (TPSA) is 87.2 Å². The Morgan fingerprint density at radius 1 is 1.18 bits per heavy atom. The molecule has 2 aromatic heterocycles. The zero-order valence-electron chi connectivity index (χ0n) is 19.0. The minimum absolute atomic E-state index is 0.0824. The van der Waals surface area contributed by atoms with Gasteiger partial charge in [0.05, 0.1) is 11.4 Å². The van der Waals surface area contributed by atoms with Crippen LogP contribution in [-0.4, -0.2) is 45.8 Å². The van der Waals surface area contributed by atoms with Gasteiger partial charge >= 0.3 is 0 Å². The molecule has 2 aliphatic carbocycles. The third kappa shape index (κ3) is 4.45. The first-order valence-corrected chi connectivity index (χ1v) is 12.1. The van der Waals surface area contributed by atoms with E-state index in [4.69, 9.17) is 0 Å². The lowest BCUT2D eigenvalue weighted by Crippen LogP contribution is -2.28. The molecule has 172 valence electrons. The van der Waals surface area contributed by atoms with Crippen LogP contribution >= 0.6 is 0 Å². The molecule has 7 nitrogen and oxygen atoms in total. The largest absolute Gasteiger partial charge is 0.348 e. The van der Waals surface area contributed by atoms with Crippen LogP contribution in [0.4, 0.5) is 5.69 Å². The minimum Gasteiger partial charge on any atom is -0.348 e. The van der Waals surface area contributed by atoms with Gasteiger partial charge < -0.3 is 10.6 Å². The molecule has 0 aromatic carbocycles. The Bertz CT molecular complexity index is 1250. The standard InChI is InChI=1S/C27H27N5O2/c33-16-26-22(19-1-2-19)12-24-25(31-26)11-17(13-28-24)15-32-9-7-18(8-10-32)20-3-6-23(29-14-20)27(34)30-21-4-5-21/h3,6-7,11-14,19,21,31H,1-2,4-5,8-10,15H2,(H,30,34). The van der Waals surface area contributed by atoms with Gasteiger partial charge in [-0.05, 0) is 78.5 Å². The Kier molecular flexibility index (Phi) is 5.36. The molecule has 0 atom stereocenters. The Labute approximate surface area is 198 Å². The highest BCUT2D eigenvalue weighted by atomic mass is 16.2. The molecule has 7 heteroatoms. The van der Waals surface area contributed by atoms with Gasteiger partial charge in [0.1, 0.15) is 11.4 Å². The van der Waals surface area contributed by atoms with Crippen LogP contribution in [0.3, 0.4) is 0 Å². The molecule has 0 spiro atoms. The summed E-state index contributed by atoms with van der Waals surface area (Å²) >= 11 is 0. The van der Waals surface area contributed by atoms with Crippen LogP contribution in [0.1, 0.15) is 59.4 Å². The number of pyridine rings is 2. The zero-order valence-corrected chi connectivity index (χ0v) is 19.0. The lowest BCUT2D eigenvalue weighted by atomic mass is 10.00. The average molecular weight is 454 g/mol. The van der Waals surface area contributed by atoms with E-state index in [-0.39, 0.29) is 5.91 Å². The van der Waals surface area contributed by atoms with Crippen molar-refractivity contribution < 1.29 is 9.59 Å². The first-order valence-electron chi connectivity index (χ1n) is 12.1. The fourth-order valence-corrected chi connectivity index (χ4v) is 4.63. The van der Waals surface area contributed by atoms with E-state index < -0.39 is 0 Å². The molecule has 1 amide bonds. The molecule has 0 radical (unpaired) electrons. The SMILES string of the molecule is O=C=C1Nc2cc(CN3CC=C(c4ccc(C(=O)NC5CC5)nc4)CC3)cnc2C=C1C1CC1. The summed E-state index contributed by atoms with van der Waals surface area (Å²) in [7, 11) is 0. The van der Waals surface area contributed by atoms with E-state index in [1.54, 1.807) is 0 Å². The number of hydrogen-bond donors (Lipinski definition) is 2. The summed E-state index contributed by atoms with van der Waals surface area (Å²) in [5.41, 5.74) is 7.32. The molecule has 6 rings (SSSR count). The predicted molar refractivity (Wildman–Crippen MR) is 130 cm³/mol. The number of nitrogens with one attached hydrogen (secondary N) is 2. The van der Waals surface area contributed by atoms with Crippen molar-refractivity contribution in [1.82, 2.24) is 20.2 Å². The van der Waals surface area contributed by atoms with Crippen LogP contribution in [-0.2, 0) is 11.3 Å². The summed E-state index contributed by atoms with van der Waals surface area (Å²) in [5.74, 6) is 2.46. The molecular formula is C27H27N5O2. The van der Waals surface area contributed by atoms with Crippen LogP contribution in [0.15, 0.2) is 47.9 Å². The van der Waals surface area contributed by atoms with Crippen molar-refractivity contribution in [3.63, 3.8) is 0 Å². The Hall–Kier alpha value is -3.54. The monoisotopic (exact) mass is 453 g/mol. The quantitative estimate of drug-likeness (QED) is 0.650. The third-order valence-electron chi connectivity index (χ3n) is 6.91. The number of anilines is 1. The number of rotatable bonds is 6. The van der Waals surface area contributed by atoms with E-state index in [0.717, 1.165) is 79.8 Å². The van der Waals surface area contributed by atoms with Gasteiger partial charge in [0.2, 0.25) is 0 Å². The van der Waals surface area contributed by atoms with Gasteiger partial charge in [-0.1, -0.05) is 12.1 Å². The van der Waals surface area contributed by atoms with E-state index in [2.05, 4.69) is 43.6 Å². The van der Waals surface area contributed by atoms with Crippen molar-refractivity contribution in [2.24, 2.45) is 5.92 Å². The number of nitrogens with zero attached hydrogens (tertiary/aromatic N) is 3. The van der Waals surface area contributed by atoms with Crippen LogP contribution < -0.4 is 10.6 Å². The van der Waals surface area contributed by atoms with Crippen LogP contribution in [0, 0.1) is 5.92 Å². The summed E-state index contributed by atoms with van der Waals surface area (Å²) in [6.45, 7) is 2.57. The first kappa shape index (κ1) is 21.0. The van der Waals surface area contributed by atoms with E-state index in [9.17, 15) is 9.59 Å². The number of allylic oxidation sites excluding steroid dienone is 1. The number of amides is 1. The van der Waals surface area contributed by atoms with Gasteiger partial charge in [-0.25, -0.2) is 4.79 Å². The Morgan fingerprint density at radius 2 is 2.06 bits per heavy atom. The van der Waals surface area contributed by atoms with Crippen LogP contribution in [0.25, 0.3) is 11.6 Å². The summed E-state index contributed by atoms with van der Waals surface area (Å²) in [6.07, 6.45) is 13.4. The van der Waals surface area contributed by atoms with Crippen LogP contribution in [0.5, 0.6) is 0 Å². The molecule has 2 fully saturated rings. The minimum atomic E-state index is -0.0824. The highest BCUT2D eigenvalue weighted by molar-refractivity contribution is 5.92. The summed E-state index contributed by atoms with van der Waals surface area (Å²) in [5, 5.41) is 6.22. The number of hydrogen-bond acceptors (Lipinski definition) is 6. The van der Waals surface area contributed by atoms with E-state index in [0.29, 0.717) is 23.4 Å². The molecule has 4 heterocycles. The highest BCUT2D eigenvalue weighted by Crippen LogP contribution is 2.43. The van der Waals surface area contributed by atoms with Gasteiger partial charge in [0.15, 0.2) is 5.94 Å². The fraction of sp³-hybridized carbons (Fsp3) is 0.370. The fourth-order valence-electron chi connectivity index (χ4n) is 4.63. The number of fused-ring (bicyclic) bond motifs is 1. The second-order valence-electron chi connectivity index (χ2n) is 9.65. The molecule has 2 saturated carbocycles. The summed E-state index contributed by atoms with van der Waals surface area (Å²) in [6, 6.07) is 6.24. The average Bonchev–Trinajstić information content (AvgIpc) is 3.79. The van der Waals surface area contributed by atoms with Crippen molar-refractivity contribution in [3.8, 4) is 0 Å². The maximum absolute atomic E-state index is 12.1. The molecule has 2 aromatic rings. The van der Waals surface area contributed by atoms with E-state index in [1.807, 2.05) is 30.6 Å². The molecule has 34 heavy (non-hydrogen) atoms. The predicted octanol–water partition coefficient (Wildman–Crippen LogP) is 3.59. The number of aromatic nitrogens is 2. The van der Waals surface area contributed by atoms with Gasteiger partial charge in [-0.3, -0.25) is 19.7 Å². The molecule has 2 N–H and O–H groups in total. The van der Waals surface area contributed by atoms with Crippen molar-refractivity contribution in [2.75, 3.05) is 18.4 Å². The Morgan fingerprint density at radius 3 is 2.74 bits per heavy atom. The van der Waals surface area contributed by atoms with E-state index in [1.165, 1.54) is 5.57 Å². The lowest BCUT2D eigenvalue weighted by Gasteiger charge is -2.27. The number of carbonyl (C=O) groups excluding carboxylic acids is 2. The van der Waals surface area contributed by atoms with Crippen LogP contribution in [0.2, 0.25) is 0 Å². The summed E-state index contributed by atoms with van der Waals surface area (Å²) < 4.78 is 0. The second kappa shape index (κ2) is 8.67. The summed E-state index contributed by atoms with van der Waals surface area (Å²) in [4.78, 5) is 35.0. The molecule has 2 aliphatic heterocycles. The normalized spacial score (nSPS) is 19.9. The third-order valence-corrected chi connectivity index (χ3v) is 6.91. The molecule has 0 bridgehead atoms. The molecule has 4 aliphatic rings.